The molecule has 0 atom stereocenters. The molecule has 9 heteroatoms. The highest BCUT2D eigenvalue weighted by Crippen LogP contribution is 2.33. The van der Waals surface area contributed by atoms with Gasteiger partial charge >= 0.3 is 0 Å². The number of hydrogen-bond acceptors (Lipinski definition) is 6. The molecule has 5 rings (SSSR count). The topological polar surface area (TPSA) is 63.1 Å². The highest BCUT2D eigenvalue weighted by molar-refractivity contribution is 7.22. The standard InChI is InChI=1S/C21H20FN5OS2/c1-13-18-19(27(25-13)17-4-2-15(22)3-5-17)24-21(30-18)26-9-6-16(7-10-26)23-20(28)14-8-11-29-12-14/h2-5,8,11-12,16H,6-7,9-10H2,1H3,(H,23,28). The molecule has 1 saturated heterocycles. The van der Waals surface area contributed by atoms with Crippen molar-refractivity contribution >= 4 is 44.1 Å². The molecule has 0 unspecified atom stereocenters. The number of fused-ring (bicyclic) bond motifs is 1. The van der Waals surface area contributed by atoms with Crippen LogP contribution in [0.4, 0.5) is 9.52 Å². The summed E-state index contributed by atoms with van der Waals surface area (Å²) in [7, 11) is 0. The monoisotopic (exact) mass is 441 g/mol. The van der Waals surface area contributed by atoms with Gasteiger partial charge in [-0.3, -0.25) is 4.79 Å². The second-order valence-corrected chi connectivity index (χ2v) is 9.13. The first-order valence-corrected chi connectivity index (χ1v) is 11.5. The number of nitrogens with zero attached hydrogens (tertiary/aromatic N) is 4. The molecule has 154 valence electrons. The van der Waals surface area contributed by atoms with Crippen molar-refractivity contribution < 1.29 is 9.18 Å². The second kappa shape index (κ2) is 7.81. The molecule has 3 aromatic heterocycles. The van der Waals surface area contributed by atoms with E-state index in [0.717, 1.165) is 58.4 Å². The number of aromatic nitrogens is 3. The van der Waals surface area contributed by atoms with Gasteiger partial charge in [0.2, 0.25) is 0 Å². The summed E-state index contributed by atoms with van der Waals surface area (Å²) in [6, 6.07) is 8.31. The van der Waals surface area contributed by atoms with E-state index < -0.39 is 0 Å². The summed E-state index contributed by atoms with van der Waals surface area (Å²) in [6.07, 6.45) is 1.77. The van der Waals surface area contributed by atoms with Gasteiger partial charge in [0.1, 0.15) is 5.82 Å². The molecule has 30 heavy (non-hydrogen) atoms. The van der Waals surface area contributed by atoms with E-state index in [4.69, 9.17) is 4.98 Å². The number of hydrogen-bond donors (Lipinski definition) is 1. The van der Waals surface area contributed by atoms with Crippen LogP contribution in [0, 0.1) is 12.7 Å². The zero-order valence-corrected chi connectivity index (χ0v) is 18.0. The fourth-order valence-electron chi connectivity index (χ4n) is 3.70. The third kappa shape index (κ3) is 3.59. The Hall–Kier alpha value is -2.78. The summed E-state index contributed by atoms with van der Waals surface area (Å²) < 4.78 is 16.1. The number of aryl methyl sites for hydroxylation is 1. The lowest BCUT2D eigenvalue weighted by atomic mass is 10.1. The number of carbonyl (C=O) groups is 1. The van der Waals surface area contributed by atoms with Gasteiger partial charge in [-0.1, -0.05) is 11.3 Å². The third-order valence-electron chi connectivity index (χ3n) is 5.33. The minimum Gasteiger partial charge on any atom is -0.349 e. The summed E-state index contributed by atoms with van der Waals surface area (Å²) in [5.41, 5.74) is 3.23. The normalized spacial score (nSPS) is 15.1. The minimum atomic E-state index is -0.271. The van der Waals surface area contributed by atoms with Crippen LogP contribution in [0.3, 0.4) is 0 Å². The van der Waals surface area contributed by atoms with E-state index in [1.54, 1.807) is 28.2 Å². The molecule has 1 amide bonds. The average Bonchev–Trinajstić information content (AvgIpc) is 3.48. The zero-order valence-electron chi connectivity index (χ0n) is 16.3. The molecule has 0 aliphatic carbocycles. The van der Waals surface area contributed by atoms with Crippen LogP contribution in [-0.2, 0) is 0 Å². The van der Waals surface area contributed by atoms with Crippen LogP contribution < -0.4 is 10.2 Å². The Bertz CT molecular complexity index is 1170. The summed E-state index contributed by atoms with van der Waals surface area (Å²) in [4.78, 5) is 19.4. The number of amides is 1. The van der Waals surface area contributed by atoms with Gasteiger partial charge in [0.15, 0.2) is 10.8 Å². The molecule has 0 saturated carbocycles. The molecule has 1 N–H and O–H groups in total. The Morgan fingerprint density at radius 3 is 2.67 bits per heavy atom. The quantitative estimate of drug-likeness (QED) is 0.510. The van der Waals surface area contributed by atoms with Crippen LogP contribution in [0.15, 0.2) is 41.1 Å². The van der Waals surface area contributed by atoms with Crippen molar-refractivity contribution in [1.29, 1.82) is 0 Å². The molecule has 4 aromatic rings. The smallest absolute Gasteiger partial charge is 0.252 e. The summed E-state index contributed by atoms with van der Waals surface area (Å²) in [5.74, 6) is -0.267. The van der Waals surface area contributed by atoms with Gasteiger partial charge in [-0.2, -0.15) is 21.4 Å². The first-order valence-electron chi connectivity index (χ1n) is 9.78. The van der Waals surface area contributed by atoms with Crippen molar-refractivity contribution in [2.45, 2.75) is 25.8 Å². The van der Waals surface area contributed by atoms with E-state index in [1.165, 1.54) is 23.5 Å². The van der Waals surface area contributed by atoms with Crippen molar-refractivity contribution in [3.8, 4) is 5.69 Å². The van der Waals surface area contributed by atoms with Gasteiger partial charge in [-0.25, -0.2) is 9.07 Å². The lowest BCUT2D eigenvalue weighted by Crippen LogP contribution is -2.44. The lowest BCUT2D eigenvalue weighted by molar-refractivity contribution is 0.0931. The van der Waals surface area contributed by atoms with Crippen molar-refractivity contribution in [2.24, 2.45) is 0 Å². The number of nitrogens with one attached hydrogen (secondary N) is 1. The Labute approximate surface area is 181 Å². The van der Waals surface area contributed by atoms with E-state index >= 15 is 0 Å². The Morgan fingerprint density at radius 1 is 1.20 bits per heavy atom. The molecule has 1 aliphatic rings. The van der Waals surface area contributed by atoms with Crippen LogP contribution in [-0.4, -0.2) is 39.8 Å². The SMILES string of the molecule is Cc1nn(-c2ccc(F)cc2)c2nc(N3CCC(NC(=O)c4ccsc4)CC3)sc12. The first-order chi connectivity index (χ1) is 14.6. The van der Waals surface area contributed by atoms with Crippen LogP contribution in [0.1, 0.15) is 28.9 Å². The lowest BCUT2D eigenvalue weighted by Gasteiger charge is -2.32. The predicted octanol–water partition coefficient (Wildman–Crippen LogP) is 4.39. The number of benzene rings is 1. The highest BCUT2D eigenvalue weighted by atomic mass is 32.1. The summed E-state index contributed by atoms with van der Waals surface area (Å²) in [6.45, 7) is 3.65. The van der Waals surface area contributed by atoms with Crippen molar-refractivity contribution in [2.75, 3.05) is 18.0 Å². The molecule has 0 spiro atoms. The number of thiophene rings is 1. The van der Waals surface area contributed by atoms with Crippen LogP contribution >= 0.6 is 22.7 Å². The molecule has 1 aliphatic heterocycles. The fraction of sp³-hybridized carbons (Fsp3) is 0.286. The van der Waals surface area contributed by atoms with E-state index in [0.29, 0.717) is 0 Å². The fourth-order valence-corrected chi connectivity index (χ4v) is 5.37. The maximum atomic E-state index is 13.3. The maximum Gasteiger partial charge on any atom is 0.252 e. The van der Waals surface area contributed by atoms with Crippen LogP contribution in [0.25, 0.3) is 16.0 Å². The molecule has 0 bridgehead atoms. The Kier molecular flexibility index (Phi) is 5.00. The number of carbonyl (C=O) groups excluding carboxylic acids is 1. The van der Waals surface area contributed by atoms with Gasteiger partial charge in [-0.05, 0) is 55.5 Å². The number of anilines is 1. The number of rotatable bonds is 4. The summed E-state index contributed by atoms with van der Waals surface area (Å²) >= 11 is 3.16. The van der Waals surface area contributed by atoms with Crippen LogP contribution in [0.2, 0.25) is 0 Å². The van der Waals surface area contributed by atoms with Gasteiger partial charge in [0.25, 0.3) is 5.91 Å². The van der Waals surface area contributed by atoms with Crippen molar-refractivity contribution in [3.63, 3.8) is 0 Å². The summed E-state index contributed by atoms with van der Waals surface area (Å²) in [5, 5.41) is 12.5. The third-order valence-corrected chi connectivity index (χ3v) is 7.23. The van der Waals surface area contributed by atoms with E-state index in [2.05, 4.69) is 15.3 Å². The zero-order chi connectivity index (χ0) is 20.7. The van der Waals surface area contributed by atoms with Crippen molar-refractivity contribution in [3.05, 3.63) is 58.2 Å². The van der Waals surface area contributed by atoms with E-state index in [-0.39, 0.29) is 17.8 Å². The molecule has 1 fully saturated rings. The van der Waals surface area contributed by atoms with Gasteiger partial charge < -0.3 is 10.2 Å². The van der Waals surface area contributed by atoms with Crippen LogP contribution in [0.5, 0.6) is 0 Å². The molecule has 6 nitrogen and oxygen atoms in total. The molecule has 0 radical (unpaired) electrons. The maximum absolute atomic E-state index is 13.3. The predicted molar refractivity (Wildman–Crippen MR) is 118 cm³/mol. The van der Waals surface area contributed by atoms with E-state index in [9.17, 15) is 9.18 Å². The molecular formula is C21H20FN5OS2. The number of piperidine rings is 1. The Balaban J connectivity index is 1.31. The Morgan fingerprint density at radius 2 is 1.97 bits per heavy atom. The minimum absolute atomic E-state index is 0.00435. The average molecular weight is 442 g/mol. The van der Waals surface area contributed by atoms with Gasteiger partial charge in [0, 0.05) is 30.1 Å². The highest BCUT2D eigenvalue weighted by Gasteiger charge is 2.25. The largest absolute Gasteiger partial charge is 0.349 e. The molecule has 4 heterocycles. The van der Waals surface area contributed by atoms with E-state index in [1.807, 2.05) is 23.8 Å². The van der Waals surface area contributed by atoms with Gasteiger partial charge in [0.05, 0.1) is 16.1 Å². The number of halogens is 1. The molecular weight excluding hydrogens is 421 g/mol. The molecule has 1 aromatic carbocycles. The number of thiazole rings is 1. The van der Waals surface area contributed by atoms with Gasteiger partial charge in [-0.15, -0.1) is 0 Å². The van der Waals surface area contributed by atoms with Crippen molar-refractivity contribution in [1.82, 2.24) is 20.1 Å². The second-order valence-electron chi connectivity index (χ2n) is 7.37. The first kappa shape index (κ1) is 19.2.